The van der Waals surface area contributed by atoms with Gasteiger partial charge >= 0.3 is 23.9 Å². The molecule has 63 heavy (non-hydrogen) atoms. The molecule has 0 bridgehead atoms. The van der Waals surface area contributed by atoms with E-state index in [1.807, 2.05) is 44.9 Å². The Balaban J connectivity index is 2.79. The molecule has 0 saturated carbocycles. The molecule has 12 heteroatoms. The topological polar surface area (TPSA) is 130 Å². The molecule has 0 amide bonds. The van der Waals surface area contributed by atoms with Crippen molar-refractivity contribution in [1.29, 1.82) is 0 Å². The number of rotatable bonds is 42. The zero-order valence-electron chi connectivity index (χ0n) is 41.7. The third-order valence-electron chi connectivity index (χ3n) is 11.7. The van der Waals surface area contributed by atoms with E-state index in [-0.39, 0.29) is 43.3 Å². The van der Waals surface area contributed by atoms with Crippen LogP contribution in [0.1, 0.15) is 214 Å². The SMILES string of the molecule is CCCCCCCC(=O)OCCCCCCCCCOC1=C(CCCCCCCCCOC(=O)CCCCCCC)C(C)(COC(=O)CCN(C)C)O[C@@]1(C)OC(=O)CCN(C)C. The molecule has 0 spiro atoms. The Morgan fingerprint density at radius 3 is 1.35 bits per heavy atom. The van der Waals surface area contributed by atoms with Crippen molar-refractivity contribution in [1.82, 2.24) is 9.80 Å². The second-order valence-electron chi connectivity index (χ2n) is 18.6. The molecule has 2 atom stereocenters. The summed E-state index contributed by atoms with van der Waals surface area (Å²) >= 11 is 0. The zero-order valence-corrected chi connectivity index (χ0v) is 41.7. The molecular formula is C51H94N2O10. The monoisotopic (exact) mass is 895 g/mol. The van der Waals surface area contributed by atoms with Crippen molar-refractivity contribution in [3.05, 3.63) is 11.3 Å². The molecule has 12 nitrogen and oxygen atoms in total. The highest BCUT2D eigenvalue weighted by Crippen LogP contribution is 2.46. The lowest BCUT2D eigenvalue weighted by Crippen LogP contribution is -2.42. The Labute approximate surface area is 384 Å². The van der Waals surface area contributed by atoms with Gasteiger partial charge in [0, 0.05) is 38.4 Å². The summed E-state index contributed by atoms with van der Waals surface area (Å²) in [6.45, 7) is 10.6. The van der Waals surface area contributed by atoms with Crippen LogP contribution in [0.3, 0.4) is 0 Å². The van der Waals surface area contributed by atoms with Crippen LogP contribution in [-0.4, -0.2) is 113 Å². The molecule has 0 fully saturated rings. The molecule has 0 saturated heterocycles. The van der Waals surface area contributed by atoms with Crippen LogP contribution in [0.5, 0.6) is 0 Å². The summed E-state index contributed by atoms with van der Waals surface area (Å²) in [5.74, 6) is -1.76. The Bertz CT molecular complexity index is 1260. The maximum absolute atomic E-state index is 13.2. The predicted molar refractivity (Wildman–Crippen MR) is 252 cm³/mol. The minimum atomic E-state index is -1.46. The Morgan fingerprint density at radius 2 is 0.873 bits per heavy atom. The lowest BCUT2D eigenvalue weighted by Gasteiger charge is -2.32. The van der Waals surface area contributed by atoms with Gasteiger partial charge in [0.25, 0.3) is 5.79 Å². The second kappa shape index (κ2) is 36.5. The highest BCUT2D eigenvalue weighted by molar-refractivity contribution is 5.71. The van der Waals surface area contributed by atoms with Gasteiger partial charge in [-0.3, -0.25) is 19.2 Å². The van der Waals surface area contributed by atoms with E-state index >= 15 is 0 Å². The van der Waals surface area contributed by atoms with Gasteiger partial charge in [0.05, 0.1) is 32.7 Å². The van der Waals surface area contributed by atoms with Crippen LogP contribution in [0.25, 0.3) is 0 Å². The summed E-state index contributed by atoms with van der Waals surface area (Å²) in [7, 11) is 7.67. The lowest BCUT2D eigenvalue weighted by atomic mass is 9.91. The summed E-state index contributed by atoms with van der Waals surface area (Å²) in [6, 6.07) is 0. The summed E-state index contributed by atoms with van der Waals surface area (Å²) < 4.78 is 36.1. The van der Waals surface area contributed by atoms with Crippen LogP contribution in [0, 0.1) is 0 Å². The first kappa shape index (κ1) is 58.3. The molecule has 0 N–H and O–H groups in total. The van der Waals surface area contributed by atoms with Crippen molar-refractivity contribution in [3.63, 3.8) is 0 Å². The van der Waals surface area contributed by atoms with E-state index < -0.39 is 11.4 Å². The normalized spacial score (nSPS) is 17.4. The van der Waals surface area contributed by atoms with Gasteiger partial charge < -0.3 is 38.2 Å². The fourth-order valence-corrected chi connectivity index (χ4v) is 7.83. The molecule has 1 heterocycles. The fraction of sp³-hybridized carbons (Fsp3) is 0.882. The number of hydrogen-bond acceptors (Lipinski definition) is 12. The van der Waals surface area contributed by atoms with Crippen LogP contribution in [0.4, 0.5) is 0 Å². The molecule has 1 aliphatic heterocycles. The van der Waals surface area contributed by atoms with Crippen molar-refractivity contribution in [2.24, 2.45) is 0 Å². The first-order valence-electron chi connectivity index (χ1n) is 25.3. The Hall–Kier alpha value is -2.70. The average Bonchev–Trinajstić information content (AvgIpc) is 3.44. The second-order valence-corrected chi connectivity index (χ2v) is 18.6. The van der Waals surface area contributed by atoms with Crippen molar-refractivity contribution in [3.8, 4) is 0 Å². The molecule has 0 aromatic heterocycles. The fourth-order valence-electron chi connectivity index (χ4n) is 7.83. The minimum Gasteiger partial charge on any atom is -0.491 e. The first-order valence-corrected chi connectivity index (χ1v) is 25.3. The summed E-state index contributed by atoms with van der Waals surface area (Å²) in [5, 5.41) is 0. The van der Waals surface area contributed by atoms with Crippen molar-refractivity contribution >= 4 is 23.9 Å². The number of carbonyl (C=O) groups is 4. The molecule has 1 unspecified atom stereocenters. The molecule has 368 valence electrons. The number of carbonyl (C=O) groups excluding carboxylic acids is 4. The van der Waals surface area contributed by atoms with Crippen molar-refractivity contribution < 1.29 is 47.6 Å². The smallest absolute Gasteiger partial charge is 0.309 e. The largest absolute Gasteiger partial charge is 0.491 e. The van der Waals surface area contributed by atoms with Crippen LogP contribution < -0.4 is 0 Å². The van der Waals surface area contributed by atoms with Crippen molar-refractivity contribution in [2.45, 2.75) is 225 Å². The van der Waals surface area contributed by atoms with E-state index in [0.717, 1.165) is 121 Å². The lowest BCUT2D eigenvalue weighted by molar-refractivity contribution is -0.243. The highest BCUT2D eigenvalue weighted by Gasteiger charge is 2.55. The van der Waals surface area contributed by atoms with Gasteiger partial charge in [-0.1, -0.05) is 129 Å². The number of hydrogen-bond donors (Lipinski definition) is 0. The summed E-state index contributed by atoms with van der Waals surface area (Å²) in [5.41, 5.74) is -0.148. The number of unbranched alkanes of at least 4 members (excludes halogenated alkanes) is 20. The maximum atomic E-state index is 13.2. The van der Waals surface area contributed by atoms with E-state index in [4.69, 9.17) is 28.4 Å². The number of ether oxygens (including phenoxy) is 6. The van der Waals surface area contributed by atoms with Gasteiger partial charge in [-0.15, -0.1) is 0 Å². The highest BCUT2D eigenvalue weighted by atomic mass is 16.8. The molecule has 0 aromatic carbocycles. The predicted octanol–water partition coefficient (Wildman–Crippen LogP) is 11.4. The van der Waals surface area contributed by atoms with E-state index in [0.29, 0.717) is 57.9 Å². The average molecular weight is 895 g/mol. The molecule has 0 aliphatic carbocycles. The van der Waals surface area contributed by atoms with Gasteiger partial charge in [-0.05, 0) is 80.1 Å². The zero-order chi connectivity index (χ0) is 46.6. The minimum absolute atomic E-state index is 0.00598. The molecule has 0 radical (unpaired) electrons. The third-order valence-corrected chi connectivity index (χ3v) is 11.7. The van der Waals surface area contributed by atoms with Gasteiger partial charge in [-0.2, -0.15) is 0 Å². The van der Waals surface area contributed by atoms with Crippen LogP contribution >= 0.6 is 0 Å². The van der Waals surface area contributed by atoms with E-state index in [1.54, 1.807) is 6.92 Å². The number of esters is 4. The van der Waals surface area contributed by atoms with E-state index in [2.05, 4.69) is 13.8 Å². The Kier molecular flexibility index (Phi) is 33.8. The standard InChI is InChI=1S/C51H94N2O10/c1-9-11-13-21-28-34-45(54)58-40-30-24-18-15-17-23-27-33-44-49(60-42-32-26-20-16-19-25-31-41-59-46(55)35-29-22-14-12-10-2)51(4,62-48(57)37-39-53(7)8)63-50(44,3)43-61-47(56)36-38-52(5)6/h9-43H2,1-8H3/t50?,51-/m1/s1. The van der Waals surface area contributed by atoms with Gasteiger partial charge in [-0.25, -0.2) is 0 Å². The van der Waals surface area contributed by atoms with E-state index in [9.17, 15) is 19.2 Å². The van der Waals surface area contributed by atoms with Crippen LogP contribution in [-0.2, 0) is 47.6 Å². The van der Waals surface area contributed by atoms with Gasteiger partial charge in [0.2, 0.25) is 0 Å². The maximum Gasteiger partial charge on any atom is 0.309 e. The van der Waals surface area contributed by atoms with Crippen LogP contribution in [0.15, 0.2) is 11.3 Å². The van der Waals surface area contributed by atoms with Gasteiger partial charge in [0.1, 0.15) is 12.2 Å². The molecule has 1 aliphatic rings. The third kappa shape index (κ3) is 29.5. The summed E-state index contributed by atoms with van der Waals surface area (Å²) in [4.78, 5) is 53.9. The molecule has 0 aromatic rings. The van der Waals surface area contributed by atoms with E-state index in [1.165, 1.54) is 38.5 Å². The quantitative estimate of drug-likeness (QED) is 0.0328. The first-order chi connectivity index (χ1) is 30.3. The summed E-state index contributed by atoms with van der Waals surface area (Å²) in [6.07, 6.45) is 27.6. The number of nitrogens with zero attached hydrogens (tertiary/aromatic N) is 2. The van der Waals surface area contributed by atoms with Crippen LogP contribution in [0.2, 0.25) is 0 Å². The molecular weight excluding hydrogens is 801 g/mol. The Morgan fingerprint density at radius 1 is 0.476 bits per heavy atom. The van der Waals surface area contributed by atoms with Gasteiger partial charge in [0.15, 0.2) is 5.76 Å². The van der Waals surface area contributed by atoms with Crippen molar-refractivity contribution in [2.75, 3.05) is 67.7 Å². The molecule has 1 rings (SSSR count).